The maximum absolute atomic E-state index is 5.61. The highest BCUT2D eigenvalue weighted by Gasteiger charge is 2.16. The second kappa shape index (κ2) is 13.6. The SMILES string of the molecule is CCCCCC(CC(CC)CCCC)SSC(N)=S. The standard InChI is InChI=1S/C15H31NS3/c1-4-7-9-11-14(18-19-15(16)17)12-13(6-3)10-8-5-2/h13-14H,4-12H2,1-3H3,(H2,16,17). The van der Waals surface area contributed by atoms with Crippen molar-refractivity contribution in [1.29, 1.82) is 0 Å². The van der Waals surface area contributed by atoms with Gasteiger partial charge in [-0.15, -0.1) is 0 Å². The van der Waals surface area contributed by atoms with Gasteiger partial charge < -0.3 is 5.73 Å². The number of rotatable bonds is 12. The lowest BCUT2D eigenvalue weighted by Crippen LogP contribution is -2.11. The van der Waals surface area contributed by atoms with Crippen LogP contribution in [-0.4, -0.2) is 9.57 Å². The van der Waals surface area contributed by atoms with Gasteiger partial charge in [0.2, 0.25) is 0 Å². The first-order valence-electron chi connectivity index (χ1n) is 7.76. The van der Waals surface area contributed by atoms with E-state index in [9.17, 15) is 0 Å². The van der Waals surface area contributed by atoms with Gasteiger partial charge in [-0.25, -0.2) is 0 Å². The highest BCUT2D eigenvalue weighted by molar-refractivity contribution is 8.83. The number of unbranched alkanes of at least 4 members (excludes halogenated alkanes) is 3. The molecule has 0 heterocycles. The van der Waals surface area contributed by atoms with Crippen LogP contribution in [0.25, 0.3) is 0 Å². The summed E-state index contributed by atoms with van der Waals surface area (Å²) in [7, 11) is 3.51. The lowest BCUT2D eigenvalue weighted by Gasteiger charge is -2.21. The van der Waals surface area contributed by atoms with Gasteiger partial charge in [0.15, 0.2) is 0 Å². The molecule has 0 aliphatic heterocycles. The average Bonchev–Trinajstić information content (AvgIpc) is 2.40. The molecule has 0 saturated heterocycles. The third-order valence-electron chi connectivity index (χ3n) is 3.54. The molecule has 0 aromatic heterocycles. The Balaban J connectivity index is 4.14. The molecule has 0 aliphatic carbocycles. The first kappa shape index (κ1) is 19.6. The van der Waals surface area contributed by atoms with Crippen molar-refractivity contribution < 1.29 is 0 Å². The molecule has 2 atom stereocenters. The molecular weight excluding hydrogens is 290 g/mol. The predicted molar refractivity (Wildman–Crippen MR) is 97.8 cm³/mol. The predicted octanol–water partition coefficient (Wildman–Crippen LogP) is 6.17. The molecule has 0 aromatic rings. The van der Waals surface area contributed by atoms with Crippen LogP contribution in [0, 0.1) is 5.92 Å². The lowest BCUT2D eigenvalue weighted by atomic mass is 9.92. The van der Waals surface area contributed by atoms with Gasteiger partial charge in [-0.1, -0.05) is 88.7 Å². The minimum Gasteiger partial charge on any atom is -0.384 e. The van der Waals surface area contributed by atoms with Gasteiger partial charge in [0, 0.05) is 5.25 Å². The third kappa shape index (κ3) is 12.1. The van der Waals surface area contributed by atoms with Crippen molar-refractivity contribution in [2.24, 2.45) is 11.7 Å². The van der Waals surface area contributed by atoms with Crippen molar-refractivity contribution in [3.63, 3.8) is 0 Å². The Kier molecular flexibility index (Phi) is 14.0. The molecule has 0 aliphatic rings. The molecule has 0 fully saturated rings. The molecule has 0 spiro atoms. The third-order valence-corrected chi connectivity index (χ3v) is 6.71. The van der Waals surface area contributed by atoms with Gasteiger partial charge in [-0.05, 0) is 29.6 Å². The molecule has 0 amide bonds. The van der Waals surface area contributed by atoms with E-state index < -0.39 is 0 Å². The highest BCUT2D eigenvalue weighted by atomic mass is 33.1. The summed E-state index contributed by atoms with van der Waals surface area (Å²) in [6, 6.07) is 0. The molecule has 0 rings (SSSR count). The van der Waals surface area contributed by atoms with Crippen molar-refractivity contribution in [2.75, 3.05) is 0 Å². The molecule has 1 nitrogen and oxygen atoms in total. The van der Waals surface area contributed by atoms with Crippen LogP contribution in [0.15, 0.2) is 0 Å². The highest BCUT2D eigenvalue weighted by Crippen LogP contribution is 2.35. The van der Waals surface area contributed by atoms with E-state index in [1.165, 1.54) is 57.8 Å². The van der Waals surface area contributed by atoms with E-state index in [1.54, 1.807) is 10.8 Å². The minimum atomic E-state index is 0.576. The van der Waals surface area contributed by atoms with Gasteiger partial charge in [-0.3, -0.25) is 0 Å². The summed E-state index contributed by atoms with van der Waals surface area (Å²) in [6.07, 6.45) is 12.0. The van der Waals surface area contributed by atoms with Crippen molar-refractivity contribution in [2.45, 2.75) is 83.8 Å². The fraction of sp³-hybridized carbons (Fsp3) is 0.933. The first-order chi connectivity index (χ1) is 9.13. The molecular formula is C15H31NS3. The molecule has 2 unspecified atom stereocenters. The lowest BCUT2D eigenvalue weighted by molar-refractivity contribution is 0.407. The average molecular weight is 322 g/mol. The monoisotopic (exact) mass is 321 g/mol. The topological polar surface area (TPSA) is 26.0 Å². The number of hydrogen-bond acceptors (Lipinski definition) is 3. The first-order valence-corrected chi connectivity index (χ1v) is 10.4. The van der Waals surface area contributed by atoms with Gasteiger partial charge in [0.05, 0.1) is 0 Å². The molecule has 114 valence electrons. The van der Waals surface area contributed by atoms with E-state index in [2.05, 4.69) is 20.8 Å². The van der Waals surface area contributed by atoms with Crippen molar-refractivity contribution in [3.05, 3.63) is 0 Å². The van der Waals surface area contributed by atoms with E-state index in [0.717, 1.165) is 11.2 Å². The normalized spacial score (nSPS) is 14.3. The van der Waals surface area contributed by atoms with Gasteiger partial charge in [-0.2, -0.15) is 0 Å². The van der Waals surface area contributed by atoms with Crippen molar-refractivity contribution >= 4 is 38.1 Å². The Morgan fingerprint density at radius 2 is 1.74 bits per heavy atom. The zero-order valence-corrected chi connectivity index (χ0v) is 15.3. The smallest absolute Gasteiger partial charge is 0.141 e. The van der Waals surface area contributed by atoms with E-state index in [-0.39, 0.29) is 0 Å². The Morgan fingerprint density at radius 1 is 1.05 bits per heavy atom. The zero-order chi connectivity index (χ0) is 14.5. The second-order valence-corrected chi connectivity index (χ2v) is 8.51. The van der Waals surface area contributed by atoms with E-state index in [1.807, 2.05) is 10.8 Å². The summed E-state index contributed by atoms with van der Waals surface area (Å²) in [6.45, 7) is 6.87. The summed E-state index contributed by atoms with van der Waals surface area (Å²) in [4.78, 5) is 0. The largest absolute Gasteiger partial charge is 0.384 e. The Labute approximate surface area is 133 Å². The van der Waals surface area contributed by atoms with Crippen molar-refractivity contribution in [1.82, 2.24) is 0 Å². The Morgan fingerprint density at radius 3 is 2.26 bits per heavy atom. The summed E-state index contributed by atoms with van der Waals surface area (Å²) >= 11 is 4.98. The van der Waals surface area contributed by atoms with E-state index in [4.69, 9.17) is 18.0 Å². The van der Waals surface area contributed by atoms with Gasteiger partial charge in [0.1, 0.15) is 4.32 Å². The summed E-state index contributed by atoms with van der Waals surface area (Å²) in [5, 5.41) is 0.722. The number of nitrogens with two attached hydrogens (primary N) is 1. The minimum absolute atomic E-state index is 0.576. The summed E-state index contributed by atoms with van der Waals surface area (Å²) in [5.74, 6) is 0.881. The van der Waals surface area contributed by atoms with Crippen LogP contribution in [0.5, 0.6) is 0 Å². The molecule has 0 bridgehead atoms. The fourth-order valence-corrected chi connectivity index (χ4v) is 4.71. The van der Waals surface area contributed by atoms with E-state index >= 15 is 0 Å². The van der Waals surface area contributed by atoms with Crippen LogP contribution in [0.3, 0.4) is 0 Å². The van der Waals surface area contributed by atoms with E-state index in [0.29, 0.717) is 4.32 Å². The van der Waals surface area contributed by atoms with Gasteiger partial charge >= 0.3 is 0 Å². The van der Waals surface area contributed by atoms with Crippen LogP contribution < -0.4 is 5.73 Å². The fourth-order valence-electron chi connectivity index (χ4n) is 2.30. The van der Waals surface area contributed by atoms with Crippen LogP contribution in [0.2, 0.25) is 0 Å². The quantitative estimate of drug-likeness (QED) is 0.264. The molecule has 2 N–H and O–H groups in total. The summed E-state index contributed by atoms with van der Waals surface area (Å²) in [5.41, 5.74) is 5.61. The van der Waals surface area contributed by atoms with Crippen molar-refractivity contribution in [3.8, 4) is 0 Å². The molecule has 19 heavy (non-hydrogen) atoms. The zero-order valence-electron chi connectivity index (χ0n) is 12.8. The van der Waals surface area contributed by atoms with Gasteiger partial charge in [0.25, 0.3) is 0 Å². The van der Waals surface area contributed by atoms with Crippen LogP contribution in [0.4, 0.5) is 0 Å². The Bertz CT molecular complexity index is 221. The molecule has 4 heteroatoms. The molecule has 0 saturated carbocycles. The molecule has 0 aromatic carbocycles. The number of hydrogen-bond donors (Lipinski definition) is 1. The maximum Gasteiger partial charge on any atom is 0.141 e. The maximum atomic E-state index is 5.61. The molecule has 0 radical (unpaired) electrons. The van der Waals surface area contributed by atoms with Crippen LogP contribution in [-0.2, 0) is 0 Å². The summed E-state index contributed by atoms with van der Waals surface area (Å²) < 4.78 is 0.576. The van der Waals surface area contributed by atoms with Crippen LogP contribution >= 0.6 is 33.8 Å². The van der Waals surface area contributed by atoms with Crippen LogP contribution in [0.1, 0.15) is 78.6 Å². The Hall–Kier alpha value is 0.590. The number of thiocarbonyl (C=S) groups is 1. The second-order valence-electron chi connectivity index (χ2n) is 5.27.